The van der Waals surface area contributed by atoms with Gasteiger partial charge in [0.15, 0.2) is 5.16 Å². The minimum atomic E-state index is -4.58. The summed E-state index contributed by atoms with van der Waals surface area (Å²) < 4.78 is 37.5. The van der Waals surface area contributed by atoms with E-state index in [9.17, 15) is 22.8 Å². The summed E-state index contributed by atoms with van der Waals surface area (Å²) in [5.41, 5.74) is -1.09. The molecular formula is C11H13F3N4O2S. The van der Waals surface area contributed by atoms with Gasteiger partial charge in [-0.2, -0.15) is 13.2 Å². The number of alkyl halides is 3. The van der Waals surface area contributed by atoms with Crippen LogP contribution in [0.1, 0.15) is 19.5 Å². The lowest BCUT2D eigenvalue weighted by Crippen LogP contribution is -2.42. The Hall–Kier alpha value is -1.84. The molecule has 0 aromatic carbocycles. The van der Waals surface area contributed by atoms with Gasteiger partial charge in [0.1, 0.15) is 5.69 Å². The van der Waals surface area contributed by atoms with Crippen LogP contribution in [0.3, 0.4) is 0 Å². The quantitative estimate of drug-likeness (QED) is 0.652. The second-order valence-electron chi connectivity index (χ2n) is 3.83. The van der Waals surface area contributed by atoms with Gasteiger partial charge in [0.05, 0.1) is 5.25 Å². The number of rotatable bonds is 4. The molecule has 0 spiro atoms. The number of hydrogen-bond acceptors (Lipinski definition) is 5. The van der Waals surface area contributed by atoms with Gasteiger partial charge in [-0.1, -0.05) is 11.8 Å². The fraction of sp³-hybridized carbons (Fsp3) is 0.455. The summed E-state index contributed by atoms with van der Waals surface area (Å²) in [7, 11) is 0. The first-order valence-electron chi connectivity index (χ1n) is 5.89. The zero-order valence-corrected chi connectivity index (χ0v) is 12.0. The standard InChI is InChI=1S/C11H13F3N4O2S/c1-3-15-9(20)18-8(19)6(2)21-10-16-5-4-7(17-10)11(12,13)14/h4-6H,3H2,1-2H3,(H2,15,18,19,20). The number of halogens is 3. The van der Waals surface area contributed by atoms with Crippen LogP contribution >= 0.6 is 11.8 Å². The first kappa shape index (κ1) is 17.2. The van der Waals surface area contributed by atoms with Crippen LogP contribution in [0.2, 0.25) is 0 Å². The van der Waals surface area contributed by atoms with Crippen molar-refractivity contribution in [3.63, 3.8) is 0 Å². The molecule has 1 aromatic heterocycles. The average Bonchev–Trinajstić information content (AvgIpc) is 2.38. The van der Waals surface area contributed by atoms with E-state index in [0.29, 0.717) is 6.54 Å². The number of amides is 3. The van der Waals surface area contributed by atoms with Crippen LogP contribution in [0, 0.1) is 0 Å². The van der Waals surface area contributed by atoms with Gasteiger partial charge in [0.25, 0.3) is 0 Å². The van der Waals surface area contributed by atoms with Gasteiger partial charge in [-0.05, 0) is 19.9 Å². The molecule has 0 aliphatic heterocycles. The van der Waals surface area contributed by atoms with Crippen molar-refractivity contribution < 1.29 is 22.8 Å². The normalized spacial score (nSPS) is 12.6. The highest BCUT2D eigenvalue weighted by Gasteiger charge is 2.33. The fourth-order valence-electron chi connectivity index (χ4n) is 1.19. The van der Waals surface area contributed by atoms with Crippen molar-refractivity contribution in [3.8, 4) is 0 Å². The molecule has 0 saturated carbocycles. The lowest BCUT2D eigenvalue weighted by atomic mass is 10.4. The molecule has 0 aliphatic rings. The Bertz CT molecular complexity index is 524. The van der Waals surface area contributed by atoms with E-state index in [1.807, 2.05) is 0 Å². The van der Waals surface area contributed by atoms with E-state index in [1.54, 1.807) is 6.92 Å². The molecule has 116 valence electrons. The second-order valence-corrected chi connectivity index (χ2v) is 5.14. The monoisotopic (exact) mass is 322 g/mol. The maximum atomic E-state index is 12.5. The molecule has 0 aliphatic carbocycles. The molecule has 0 fully saturated rings. The summed E-state index contributed by atoms with van der Waals surface area (Å²) in [4.78, 5) is 29.8. The second kappa shape index (κ2) is 7.25. The zero-order valence-electron chi connectivity index (χ0n) is 11.2. The summed E-state index contributed by atoms with van der Waals surface area (Å²) in [6.45, 7) is 3.46. The zero-order chi connectivity index (χ0) is 16.0. The third kappa shape index (κ3) is 5.58. The number of nitrogens with one attached hydrogen (secondary N) is 2. The van der Waals surface area contributed by atoms with E-state index in [2.05, 4.69) is 20.6 Å². The van der Waals surface area contributed by atoms with Gasteiger partial charge in [-0.3, -0.25) is 10.1 Å². The third-order valence-corrected chi connectivity index (χ3v) is 3.12. The molecule has 10 heteroatoms. The third-order valence-electron chi connectivity index (χ3n) is 2.15. The van der Waals surface area contributed by atoms with Crippen molar-refractivity contribution in [1.29, 1.82) is 0 Å². The van der Waals surface area contributed by atoms with E-state index in [0.717, 1.165) is 24.0 Å². The van der Waals surface area contributed by atoms with Crippen LogP contribution in [-0.4, -0.2) is 33.7 Å². The molecule has 1 aromatic rings. The molecule has 1 heterocycles. The van der Waals surface area contributed by atoms with Crippen molar-refractivity contribution in [2.24, 2.45) is 0 Å². The Morgan fingerprint density at radius 2 is 2.10 bits per heavy atom. The lowest BCUT2D eigenvalue weighted by molar-refractivity contribution is -0.141. The van der Waals surface area contributed by atoms with Crippen molar-refractivity contribution >= 4 is 23.7 Å². The molecule has 2 N–H and O–H groups in total. The Kier molecular flexibility index (Phi) is 5.94. The van der Waals surface area contributed by atoms with Gasteiger partial charge in [-0.15, -0.1) is 0 Å². The van der Waals surface area contributed by atoms with Crippen molar-refractivity contribution in [1.82, 2.24) is 20.6 Å². The molecule has 1 unspecified atom stereocenters. The Morgan fingerprint density at radius 3 is 2.67 bits per heavy atom. The van der Waals surface area contributed by atoms with Crippen molar-refractivity contribution in [3.05, 3.63) is 18.0 Å². The van der Waals surface area contributed by atoms with Crippen LogP contribution in [0.5, 0.6) is 0 Å². The predicted octanol–water partition coefficient (Wildman–Crippen LogP) is 1.82. The Balaban J connectivity index is 2.68. The smallest absolute Gasteiger partial charge is 0.338 e. The average molecular weight is 322 g/mol. The predicted molar refractivity (Wildman–Crippen MR) is 69.6 cm³/mol. The van der Waals surface area contributed by atoms with Crippen LogP contribution < -0.4 is 10.6 Å². The maximum Gasteiger partial charge on any atom is 0.433 e. The highest BCUT2D eigenvalue weighted by molar-refractivity contribution is 8.00. The fourth-order valence-corrected chi connectivity index (χ4v) is 1.94. The topological polar surface area (TPSA) is 84.0 Å². The molecule has 0 bridgehead atoms. The first-order valence-corrected chi connectivity index (χ1v) is 6.77. The van der Waals surface area contributed by atoms with Gasteiger partial charge in [-0.25, -0.2) is 14.8 Å². The van der Waals surface area contributed by atoms with Crippen LogP contribution in [-0.2, 0) is 11.0 Å². The highest BCUT2D eigenvalue weighted by atomic mass is 32.2. The van der Waals surface area contributed by atoms with E-state index < -0.39 is 29.1 Å². The maximum absolute atomic E-state index is 12.5. The largest absolute Gasteiger partial charge is 0.433 e. The van der Waals surface area contributed by atoms with Crippen LogP contribution in [0.25, 0.3) is 0 Å². The highest BCUT2D eigenvalue weighted by Crippen LogP contribution is 2.29. The Morgan fingerprint density at radius 1 is 1.43 bits per heavy atom. The number of carbonyl (C=O) groups is 2. The summed E-state index contributed by atoms with van der Waals surface area (Å²) in [5.74, 6) is -0.646. The van der Waals surface area contributed by atoms with E-state index in [1.165, 1.54) is 6.92 Å². The summed E-state index contributed by atoms with van der Waals surface area (Å²) in [6, 6.07) is 0.0728. The number of thioether (sulfide) groups is 1. The van der Waals surface area contributed by atoms with Gasteiger partial charge in [0.2, 0.25) is 5.91 Å². The summed E-state index contributed by atoms with van der Waals surface area (Å²) in [5, 5.41) is 3.41. The van der Waals surface area contributed by atoms with E-state index >= 15 is 0 Å². The van der Waals surface area contributed by atoms with E-state index in [-0.39, 0.29) is 5.16 Å². The molecule has 3 amide bonds. The molecular weight excluding hydrogens is 309 g/mol. The van der Waals surface area contributed by atoms with E-state index in [4.69, 9.17) is 0 Å². The molecule has 0 saturated heterocycles. The number of carbonyl (C=O) groups excluding carboxylic acids is 2. The summed E-state index contributed by atoms with van der Waals surface area (Å²) >= 11 is 0.728. The van der Waals surface area contributed by atoms with Crippen LogP contribution in [0.4, 0.5) is 18.0 Å². The minimum Gasteiger partial charge on any atom is -0.338 e. The number of urea groups is 1. The number of nitrogens with zero attached hydrogens (tertiary/aromatic N) is 2. The molecule has 0 radical (unpaired) electrons. The summed E-state index contributed by atoms with van der Waals surface area (Å²) in [6.07, 6.45) is -3.61. The van der Waals surface area contributed by atoms with Gasteiger partial charge >= 0.3 is 12.2 Å². The van der Waals surface area contributed by atoms with Crippen molar-refractivity contribution in [2.75, 3.05) is 6.54 Å². The van der Waals surface area contributed by atoms with Gasteiger partial charge < -0.3 is 5.32 Å². The minimum absolute atomic E-state index is 0.191. The molecule has 1 rings (SSSR count). The SMILES string of the molecule is CCNC(=O)NC(=O)C(C)Sc1nccc(C(F)(F)F)n1. The number of imide groups is 1. The number of aromatic nitrogens is 2. The number of hydrogen-bond donors (Lipinski definition) is 2. The van der Waals surface area contributed by atoms with Crippen LogP contribution in [0.15, 0.2) is 17.4 Å². The van der Waals surface area contributed by atoms with Crippen molar-refractivity contribution in [2.45, 2.75) is 30.4 Å². The molecule has 6 nitrogen and oxygen atoms in total. The molecule has 1 atom stereocenters. The van der Waals surface area contributed by atoms with Gasteiger partial charge in [0, 0.05) is 12.7 Å². The first-order chi connectivity index (χ1) is 9.74. The Labute approximate surface area is 122 Å². The molecule has 21 heavy (non-hydrogen) atoms. The lowest BCUT2D eigenvalue weighted by Gasteiger charge is -2.11.